The van der Waals surface area contributed by atoms with Gasteiger partial charge < -0.3 is 14.0 Å². The van der Waals surface area contributed by atoms with Crippen LogP contribution >= 0.6 is 11.3 Å². The Balaban J connectivity index is 1.98. The number of carbonyl (C=O) groups excluding carboxylic acids is 2. The predicted octanol–water partition coefficient (Wildman–Crippen LogP) is 3.39. The Bertz CT molecular complexity index is 1130. The summed E-state index contributed by atoms with van der Waals surface area (Å²) in [6.07, 6.45) is 0.0843. The first-order chi connectivity index (χ1) is 13.9. The molecular formula is C21H21FN2O4S. The van der Waals surface area contributed by atoms with Crippen LogP contribution in [0.5, 0.6) is 5.75 Å². The molecule has 0 N–H and O–H groups in total. The van der Waals surface area contributed by atoms with Gasteiger partial charge in [-0.3, -0.25) is 9.59 Å². The van der Waals surface area contributed by atoms with Crippen molar-refractivity contribution in [1.29, 1.82) is 0 Å². The van der Waals surface area contributed by atoms with E-state index in [-0.39, 0.29) is 35.8 Å². The Labute approximate surface area is 171 Å². The van der Waals surface area contributed by atoms with Crippen LogP contribution < -0.4 is 9.54 Å². The fourth-order valence-corrected chi connectivity index (χ4v) is 4.09. The smallest absolute Gasteiger partial charge is 0.326 e. The fourth-order valence-electron chi connectivity index (χ4n) is 3.03. The molecule has 2 aromatic carbocycles. The van der Waals surface area contributed by atoms with Crippen molar-refractivity contribution in [3.63, 3.8) is 0 Å². The molecule has 0 unspecified atom stereocenters. The maximum absolute atomic E-state index is 14.4. The Morgan fingerprint density at radius 2 is 2.03 bits per heavy atom. The minimum absolute atomic E-state index is 0.0843. The molecular weight excluding hydrogens is 395 g/mol. The molecule has 0 aliphatic rings. The van der Waals surface area contributed by atoms with E-state index >= 15 is 0 Å². The lowest BCUT2D eigenvalue weighted by molar-refractivity contribution is -0.143. The molecule has 0 saturated carbocycles. The Morgan fingerprint density at radius 3 is 2.72 bits per heavy atom. The van der Waals surface area contributed by atoms with Crippen LogP contribution in [0.4, 0.5) is 4.39 Å². The molecule has 0 saturated heterocycles. The molecule has 6 nitrogen and oxygen atoms in total. The summed E-state index contributed by atoms with van der Waals surface area (Å²) in [5.74, 6) is -0.651. The first-order valence-corrected chi connectivity index (χ1v) is 9.89. The highest BCUT2D eigenvalue weighted by atomic mass is 32.1. The lowest BCUT2D eigenvalue weighted by atomic mass is 10.1. The summed E-state index contributed by atoms with van der Waals surface area (Å²) in [7, 11) is 1.59. The standard InChI is InChI=1S/C21H21FN2O4S/c1-4-28-19(26)12-24-20-15(22)6-5-7-17(20)29-21(24)23-18(25)11-14-8-9-16(27-3)13(2)10-14/h5-10H,4,11-12H2,1-3H3. The van der Waals surface area contributed by atoms with Crippen molar-refractivity contribution in [3.8, 4) is 5.75 Å². The fraction of sp³-hybridized carbons (Fsp3) is 0.286. The summed E-state index contributed by atoms with van der Waals surface area (Å²) in [6.45, 7) is 3.58. The summed E-state index contributed by atoms with van der Waals surface area (Å²) in [6, 6.07) is 10.1. The normalized spacial score (nSPS) is 11.7. The van der Waals surface area contributed by atoms with Gasteiger partial charge >= 0.3 is 5.97 Å². The van der Waals surface area contributed by atoms with E-state index in [0.29, 0.717) is 4.70 Å². The lowest BCUT2D eigenvalue weighted by Crippen LogP contribution is -2.23. The van der Waals surface area contributed by atoms with Gasteiger partial charge in [0.2, 0.25) is 0 Å². The number of hydrogen-bond donors (Lipinski definition) is 0. The molecule has 0 atom stereocenters. The number of fused-ring (bicyclic) bond motifs is 1. The molecule has 0 fully saturated rings. The van der Waals surface area contributed by atoms with Gasteiger partial charge in [-0.2, -0.15) is 4.99 Å². The maximum Gasteiger partial charge on any atom is 0.326 e. The SMILES string of the molecule is CCOC(=O)Cn1c(=NC(=O)Cc2ccc(OC)c(C)c2)sc2cccc(F)c21. The van der Waals surface area contributed by atoms with Crippen LogP contribution in [0, 0.1) is 12.7 Å². The van der Waals surface area contributed by atoms with E-state index in [1.165, 1.54) is 10.6 Å². The zero-order valence-electron chi connectivity index (χ0n) is 16.4. The van der Waals surface area contributed by atoms with Gasteiger partial charge in [0.05, 0.1) is 30.4 Å². The second kappa shape index (κ2) is 9.00. The van der Waals surface area contributed by atoms with Crippen molar-refractivity contribution >= 4 is 33.4 Å². The zero-order valence-corrected chi connectivity index (χ0v) is 17.2. The van der Waals surface area contributed by atoms with Crippen LogP contribution in [0.3, 0.4) is 0 Å². The summed E-state index contributed by atoms with van der Waals surface area (Å²) in [5.41, 5.74) is 1.94. The summed E-state index contributed by atoms with van der Waals surface area (Å²) >= 11 is 1.15. The van der Waals surface area contributed by atoms with Gasteiger partial charge in [0.25, 0.3) is 5.91 Å². The van der Waals surface area contributed by atoms with E-state index in [2.05, 4.69) is 4.99 Å². The average molecular weight is 416 g/mol. The number of carbonyl (C=O) groups is 2. The second-order valence-electron chi connectivity index (χ2n) is 6.35. The molecule has 3 rings (SSSR count). The molecule has 0 bridgehead atoms. The van der Waals surface area contributed by atoms with E-state index in [1.54, 1.807) is 38.3 Å². The van der Waals surface area contributed by atoms with Crippen molar-refractivity contribution < 1.29 is 23.5 Å². The summed E-state index contributed by atoms with van der Waals surface area (Å²) < 4.78 is 26.6. The number of rotatable bonds is 6. The topological polar surface area (TPSA) is 69.9 Å². The Morgan fingerprint density at radius 1 is 1.24 bits per heavy atom. The van der Waals surface area contributed by atoms with Crippen molar-refractivity contribution in [3.05, 3.63) is 58.1 Å². The molecule has 152 valence electrons. The van der Waals surface area contributed by atoms with Crippen LogP contribution in [-0.2, 0) is 27.3 Å². The van der Waals surface area contributed by atoms with E-state index in [1.807, 2.05) is 13.0 Å². The maximum atomic E-state index is 14.4. The quantitative estimate of drug-likeness (QED) is 0.578. The minimum Gasteiger partial charge on any atom is -0.496 e. The van der Waals surface area contributed by atoms with Gasteiger partial charge in [0, 0.05) is 0 Å². The Hall–Kier alpha value is -3.00. The molecule has 0 aliphatic carbocycles. The Kier molecular flexibility index (Phi) is 6.43. The largest absolute Gasteiger partial charge is 0.496 e. The third-order valence-electron chi connectivity index (χ3n) is 4.28. The number of halogens is 1. The van der Waals surface area contributed by atoms with Gasteiger partial charge in [0.1, 0.15) is 18.1 Å². The third kappa shape index (κ3) is 4.71. The van der Waals surface area contributed by atoms with E-state index in [4.69, 9.17) is 9.47 Å². The van der Waals surface area contributed by atoms with Gasteiger partial charge in [0.15, 0.2) is 4.80 Å². The number of ether oxygens (including phenoxy) is 2. The molecule has 0 spiro atoms. The second-order valence-corrected chi connectivity index (χ2v) is 7.36. The lowest BCUT2D eigenvalue weighted by Gasteiger charge is -2.06. The summed E-state index contributed by atoms with van der Waals surface area (Å²) in [4.78, 5) is 29.0. The molecule has 1 aromatic heterocycles. The average Bonchev–Trinajstić information content (AvgIpc) is 3.00. The van der Waals surface area contributed by atoms with Crippen molar-refractivity contribution in [2.75, 3.05) is 13.7 Å². The summed E-state index contributed by atoms with van der Waals surface area (Å²) in [5, 5.41) is 0. The molecule has 0 aliphatic heterocycles. The molecule has 1 amide bonds. The van der Waals surface area contributed by atoms with Crippen LogP contribution in [0.25, 0.3) is 10.2 Å². The van der Waals surface area contributed by atoms with Crippen molar-refractivity contribution in [2.45, 2.75) is 26.8 Å². The monoisotopic (exact) mass is 416 g/mol. The number of thiazole rings is 1. The van der Waals surface area contributed by atoms with E-state index < -0.39 is 11.8 Å². The molecule has 1 heterocycles. The van der Waals surface area contributed by atoms with E-state index in [0.717, 1.165) is 28.2 Å². The zero-order chi connectivity index (χ0) is 21.0. The number of para-hydroxylation sites is 1. The van der Waals surface area contributed by atoms with Crippen LogP contribution in [-0.4, -0.2) is 30.2 Å². The van der Waals surface area contributed by atoms with Gasteiger partial charge in [-0.15, -0.1) is 0 Å². The number of hydrogen-bond acceptors (Lipinski definition) is 5. The first kappa shape index (κ1) is 20.7. The number of esters is 1. The van der Waals surface area contributed by atoms with Gasteiger partial charge in [-0.25, -0.2) is 4.39 Å². The van der Waals surface area contributed by atoms with Crippen LogP contribution in [0.15, 0.2) is 41.4 Å². The number of benzene rings is 2. The number of aromatic nitrogens is 1. The van der Waals surface area contributed by atoms with Gasteiger partial charge in [-0.05, 0) is 43.2 Å². The molecule has 29 heavy (non-hydrogen) atoms. The number of methoxy groups -OCH3 is 1. The highest BCUT2D eigenvalue weighted by Crippen LogP contribution is 2.21. The van der Waals surface area contributed by atoms with Crippen LogP contribution in [0.2, 0.25) is 0 Å². The highest BCUT2D eigenvalue weighted by Gasteiger charge is 2.15. The van der Waals surface area contributed by atoms with E-state index in [9.17, 15) is 14.0 Å². The molecule has 3 aromatic rings. The third-order valence-corrected chi connectivity index (χ3v) is 5.32. The minimum atomic E-state index is -0.518. The first-order valence-electron chi connectivity index (χ1n) is 9.07. The predicted molar refractivity (Wildman–Crippen MR) is 108 cm³/mol. The number of amides is 1. The van der Waals surface area contributed by atoms with Crippen LogP contribution in [0.1, 0.15) is 18.1 Å². The number of aryl methyl sites for hydroxylation is 1. The van der Waals surface area contributed by atoms with Crippen molar-refractivity contribution in [2.24, 2.45) is 4.99 Å². The van der Waals surface area contributed by atoms with Crippen molar-refractivity contribution in [1.82, 2.24) is 4.57 Å². The number of nitrogens with zero attached hydrogens (tertiary/aromatic N) is 2. The van der Waals surface area contributed by atoms with Gasteiger partial charge in [-0.1, -0.05) is 29.5 Å². The molecule has 0 radical (unpaired) electrons. The molecule has 8 heteroatoms. The highest BCUT2D eigenvalue weighted by molar-refractivity contribution is 7.16.